The number of pyridine rings is 1. The monoisotopic (exact) mass is 284 g/mol. The van der Waals surface area contributed by atoms with Crippen molar-refractivity contribution in [3.63, 3.8) is 0 Å². The van der Waals surface area contributed by atoms with Gasteiger partial charge in [-0.3, -0.25) is 4.79 Å². The van der Waals surface area contributed by atoms with Gasteiger partial charge in [-0.1, -0.05) is 31.5 Å². The van der Waals surface area contributed by atoms with E-state index < -0.39 is 6.04 Å². The number of amides is 1. The number of carbonyl (C=O) groups excluding carboxylic acids is 1. The van der Waals surface area contributed by atoms with Crippen molar-refractivity contribution in [3.8, 4) is 0 Å². The Balaban J connectivity index is 1.94. The molecule has 2 aromatic rings. The van der Waals surface area contributed by atoms with Crippen molar-refractivity contribution >= 4 is 23.1 Å². The lowest BCUT2D eigenvalue weighted by Crippen LogP contribution is -2.35. The molecular formula is C16H20N4O. The Morgan fingerprint density at radius 1 is 1.19 bits per heavy atom. The Morgan fingerprint density at radius 2 is 1.95 bits per heavy atom. The number of para-hydroxylation sites is 1. The SMILES string of the molecule is CCCC(N)C(=O)Nc1ccc(Nc2ccccc2)nc1. The van der Waals surface area contributed by atoms with Gasteiger partial charge in [0.15, 0.2) is 0 Å². The van der Waals surface area contributed by atoms with Gasteiger partial charge in [-0.05, 0) is 30.7 Å². The Hall–Kier alpha value is -2.40. The van der Waals surface area contributed by atoms with Crippen molar-refractivity contribution in [1.82, 2.24) is 4.98 Å². The Kier molecular flexibility index (Phi) is 5.29. The summed E-state index contributed by atoms with van der Waals surface area (Å²) in [4.78, 5) is 16.1. The molecule has 2 rings (SSSR count). The molecule has 1 atom stereocenters. The molecule has 5 heteroatoms. The summed E-state index contributed by atoms with van der Waals surface area (Å²) in [5.41, 5.74) is 7.37. The topological polar surface area (TPSA) is 80.0 Å². The first-order valence-electron chi connectivity index (χ1n) is 7.03. The molecular weight excluding hydrogens is 264 g/mol. The molecule has 4 N–H and O–H groups in total. The molecule has 0 aliphatic rings. The van der Waals surface area contributed by atoms with E-state index in [1.54, 1.807) is 12.3 Å². The number of nitrogens with two attached hydrogens (primary N) is 1. The van der Waals surface area contributed by atoms with Crippen molar-refractivity contribution in [2.45, 2.75) is 25.8 Å². The second-order valence-corrected chi connectivity index (χ2v) is 4.81. The summed E-state index contributed by atoms with van der Waals surface area (Å²) in [6, 6.07) is 12.9. The van der Waals surface area contributed by atoms with Crippen LogP contribution >= 0.6 is 0 Å². The molecule has 0 saturated carbocycles. The van der Waals surface area contributed by atoms with E-state index in [-0.39, 0.29) is 5.91 Å². The molecule has 21 heavy (non-hydrogen) atoms. The fraction of sp³-hybridized carbons (Fsp3) is 0.250. The molecule has 1 heterocycles. The maximum atomic E-state index is 11.8. The molecule has 0 bridgehead atoms. The summed E-state index contributed by atoms with van der Waals surface area (Å²) in [5.74, 6) is 0.541. The zero-order valence-electron chi connectivity index (χ0n) is 12.0. The molecule has 0 fully saturated rings. The third-order valence-corrected chi connectivity index (χ3v) is 3.01. The lowest BCUT2D eigenvalue weighted by atomic mass is 10.1. The van der Waals surface area contributed by atoms with Gasteiger partial charge in [0.1, 0.15) is 5.82 Å². The van der Waals surface area contributed by atoms with E-state index in [9.17, 15) is 4.79 Å². The summed E-state index contributed by atoms with van der Waals surface area (Å²) in [6.07, 6.45) is 3.17. The summed E-state index contributed by atoms with van der Waals surface area (Å²) < 4.78 is 0. The van der Waals surface area contributed by atoms with Gasteiger partial charge in [0.25, 0.3) is 0 Å². The summed E-state index contributed by atoms with van der Waals surface area (Å²) in [5, 5.41) is 5.94. The highest BCUT2D eigenvalue weighted by molar-refractivity contribution is 5.94. The number of nitrogens with zero attached hydrogens (tertiary/aromatic N) is 1. The number of benzene rings is 1. The second kappa shape index (κ2) is 7.40. The quantitative estimate of drug-likeness (QED) is 0.762. The highest BCUT2D eigenvalue weighted by Gasteiger charge is 2.12. The first-order chi connectivity index (χ1) is 10.2. The Bertz CT molecular complexity index is 569. The standard InChI is InChI=1S/C16H20N4O/c1-2-6-14(17)16(21)20-13-9-10-15(18-11-13)19-12-7-4-3-5-8-12/h3-5,7-11,14H,2,6,17H2,1H3,(H,18,19)(H,20,21). The molecule has 0 spiro atoms. The first-order valence-corrected chi connectivity index (χ1v) is 7.03. The van der Waals surface area contributed by atoms with Crippen LogP contribution in [0.5, 0.6) is 0 Å². The normalized spacial score (nSPS) is 11.7. The van der Waals surface area contributed by atoms with Crippen LogP contribution in [0.15, 0.2) is 48.7 Å². The second-order valence-electron chi connectivity index (χ2n) is 4.81. The first kappa shape index (κ1) is 15.0. The molecule has 1 amide bonds. The predicted molar refractivity (Wildman–Crippen MR) is 85.5 cm³/mol. The van der Waals surface area contributed by atoms with Crippen molar-refractivity contribution in [3.05, 3.63) is 48.7 Å². The molecule has 0 aliphatic heterocycles. The summed E-state index contributed by atoms with van der Waals surface area (Å²) in [6.45, 7) is 2.00. The third-order valence-electron chi connectivity index (χ3n) is 3.01. The fourth-order valence-corrected chi connectivity index (χ4v) is 1.89. The maximum absolute atomic E-state index is 11.8. The van der Waals surface area contributed by atoms with Crippen LogP contribution in [0.25, 0.3) is 0 Å². The van der Waals surface area contributed by atoms with E-state index in [4.69, 9.17) is 5.73 Å². The van der Waals surface area contributed by atoms with Crippen molar-refractivity contribution in [2.75, 3.05) is 10.6 Å². The van der Waals surface area contributed by atoms with E-state index in [0.717, 1.165) is 17.9 Å². The smallest absolute Gasteiger partial charge is 0.241 e. The van der Waals surface area contributed by atoms with Crippen LogP contribution < -0.4 is 16.4 Å². The van der Waals surface area contributed by atoms with Crippen LogP contribution in [0.2, 0.25) is 0 Å². The number of nitrogens with one attached hydrogen (secondary N) is 2. The zero-order chi connectivity index (χ0) is 15.1. The van der Waals surface area contributed by atoms with Crippen molar-refractivity contribution < 1.29 is 4.79 Å². The Labute approximate surface area is 124 Å². The van der Waals surface area contributed by atoms with Crippen LogP contribution in [0.1, 0.15) is 19.8 Å². The fourth-order valence-electron chi connectivity index (χ4n) is 1.89. The maximum Gasteiger partial charge on any atom is 0.241 e. The molecule has 0 radical (unpaired) electrons. The molecule has 1 aromatic carbocycles. The minimum absolute atomic E-state index is 0.178. The van der Waals surface area contributed by atoms with E-state index in [0.29, 0.717) is 12.1 Å². The van der Waals surface area contributed by atoms with E-state index in [1.807, 2.05) is 43.3 Å². The number of anilines is 3. The van der Waals surface area contributed by atoms with Crippen LogP contribution in [-0.4, -0.2) is 16.9 Å². The van der Waals surface area contributed by atoms with Crippen LogP contribution in [0.3, 0.4) is 0 Å². The number of hydrogen-bond acceptors (Lipinski definition) is 4. The van der Waals surface area contributed by atoms with E-state index >= 15 is 0 Å². The minimum Gasteiger partial charge on any atom is -0.340 e. The largest absolute Gasteiger partial charge is 0.340 e. The molecule has 0 aliphatic carbocycles. The lowest BCUT2D eigenvalue weighted by molar-refractivity contribution is -0.117. The van der Waals surface area contributed by atoms with Crippen LogP contribution in [-0.2, 0) is 4.79 Å². The van der Waals surface area contributed by atoms with Gasteiger partial charge in [0.05, 0.1) is 17.9 Å². The van der Waals surface area contributed by atoms with Gasteiger partial charge < -0.3 is 16.4 Å². The third kappa shape index (κ3) is 4.57. The number of rotatable bonds is 6. The Morgan fingerprint density at radius 3 is 2.57 bits per heavy atom. The van der Waals surface area contributed by atoms with Gasteiger partial charge >= 0.3 is 0 Å². The molecule has 5 nitrogen and oxygen atoms in total. The van der Waals surface area contributed by atoms with Gasteiger partial charge in [0.2, 0.25) is 5.91 Å². The average Bonchev–Trinajstić information content (AvgIpc) is 2.50. The van der Waals surface area contributed by atoms with Crippen LogP contribution in [0.4, 0.5) is 17.2 Å². The van der Waals surface area contributed by atoms with Crippen LogP contribution in [0, 0.1) is 0 Å². The van der Waals surface area contributed by atoms with Crippen molar-refractivity contribution in [1.29, 1.82) is 0 Å². The number of carbonyl (C=O) groups is 1. The highest BCUT2D eigenvalue weighted by Crippen LogP contribution is 2.15. The number of hydrogen-bond donors (Lipinski definition) is 3. The van der Waals surface area contributed by atoms with Gasteiger partial charge in [0, 0.05) is 5.69 Å². The highest BCUT2D eigenvalue weighted by atomic mass is 16.2. The molecule has 0 saturated heterocycles. The zero-order valence-corrected chi connectivity index (χ0v) is 12.0. The average molecular weight is 284 g/mol. The summed E-state index contributed by atoms with van der Waals surface area (Å²) >= 11 is 0. The molecule has 1 unspecified atom stereocenters. The summed E-state index contributed by atoms with van der Waals surface area (Å²) in [7, 11) is 0. The lowest BCUT2D eigenvalue weighted by Gasteiger charge is -2.11. The number of aromatic nitrogens is 1. The van der Waals surface area contributed by atoms with E-state index in [2.05, 4.69) is 15.6 Å². The van der Waals surface area contributed by atoms with Gasteiger partial charge in [-0.25, -0.2) is 4.98 Å². The molecule has 110 valence electrons. The predicted octanol–water partition coefficient (Wildman–Crippen LogP) is 2.89. The van der Waals surface area contributed by atoms with Crippen molar-refractivity contribution in [2.24, 2.45) is 5.73 Å². The minimum atomic E-state index is -0.475. The van der Waals surface area contributed by atoms with E-state index in [1.165, 1.54) is 0 Å². The van der Waals surface area contributed by atoms with Gasteiger partial charge in [-0.2, -0.15) is 0 Å². The molecule has 1 aromatic heterocycles. The van der Waals surface area contributed by atoms with Gasteiger partial charge in [-0.15, -0.1) is 0 Å².